The largest absolute Gasteiger partial charge is 0.379 e. The van der Waals surface area contributed by atoms with Gasteiger partial charge in [-0.2, -0.15) is 0 Å². The molecule has 1 aromatic carbocycles. The van der Waals surface area contributed by atoms with E-state index in [2.05, 4.69) is 46.0 Å². The van der Waals surface area contributed by atoms with Crippen LogP contribution in [0.25, 0.3) is 10.9 Å². The second kappa shape index (κ2) is 7.81. The van der Waals surface area contributed by atoms with Crippen LogP contribution in [0.3, 0.4) is 0 Å². The summed E-state index contributed by atoms with van der Waals surface area (Å²) in [5.41, 5.74) is 3.96. The van der Waals surface area contributed by atoms with Crippen molar-refractivity contribution in [3.63, 3.8) is 0 Å². The zero-order valence-corrected chi connectivity index (χ0v) is 15.3. The Morgan fingerprint density at radius 1 is 1.12 bits per heavy atom. The van der Waals surface area contributed by atoms with E-state index in [9.17, 15) is 0 Å². The summed E-state index contributed by atoms with van der Waals surface area (Å²) < 4.78 is 5.51. The number of benzene rings is 1. The fraction of sp³-hybridized carbons (Fsp3) is 0.571. The molecule has 0 bridgehead atoms. The molecule has 2 saturated heterocycles. The number of nitrogens with zero attached hydrogens (tertiary/aromatic N) is 3. The zero-order chi connectivity index (χ0) is 17.1. The third kappa shape index (κ3) is 3.86. The molecule has 2 aliphatic heterocycles. The number of morpholine rings is 1. The SMILES string of the molecule is Cc1ccc2ncccc2c1CN1CCCC[C@@H]1CN1CCOCC1. The Labute approximate surface area is 150 Å². The van der Waals surface area contributed by atoms with Crippen molar-refractivity contribution < 1.29 is 4.74 Å². The normalized spacial score (nSPS) is 23.2. The quantitative estimate of drug-likeness (QED) is 0.855. The van der Waals surface area contributed by atoms with Gasteiger partial charge in [0.05, 0.1) is 18.7 Å². The van der Waals surface area contributed by atoms with Crippen molar-refractivity contribution in [2.75, 3.05) is 39.4 Å². The van der Waals surface area contributed by atoms with Crippen LogP contribution in [0, 0.1) is 6.92 Å². The van der Waals surface area contributed by atoms with Gasteiger partial charge in [0.25, 0.3) is 0 Å². The number of likely N-dealkylation sites (tertiary alicyclic amines) is 1. The van der Waals surface area contributed by atoms with E-state index in [1.807, 2.05) is 6.20 Å². The topological polar surface area (TPSA) is 28.6 Å². The predicted molar refractivity (Wildman–Crippen MR) is 102 cm³/mol. The minimum absolute atomic E-state index is 0.665. The summed E-state index contributed by atoms with van der Waals surface area (Å²) in [4.78, 5) is 9.85. The number of piperidine rings is 1. The smallest absolute Gasteiger partial charge is 0.0705 e. The Kier molecular flexibility index (Phi) is 5.30. The van der Waals surface area contributed by atoms with Gasteiger partial charge in [-0.1, -0.05) is 18.6 Å². The van der Waals surface area contributed by atoms with Crippen LogP contribution in [-0.2, 0) is 11.3 Å². The van der Waals surface area contributed by atoms with Gasteiger partial charge in [0.1, 0.15) is 0 Å². The van der Waals surface area contributed by atoms with Crippen LogP contribution in [0.4, 0.5) is 0 Å². The lowest BCUT2D eigenvalue weighted by atomic mass is 9.97. The summed E-state index contributed by atoms with van der Waals surface area (Å²) in [6, 6.07) is 9.33. The molecule has 4 heteroatoms. The molecule has 1 atom stereocenters. The minimum atomic E-state index is 0.665. The van der Waals surface area contributed by atoms with Crippen LogP contribution < -0.4 is 0 Å². The molecule has 25 heavy (non-hydrogen) atoms. The number of hydrogen-bond donors (Lipinski definition) is 0. The number of rotatable bonds is 4. The Balaban J connectivity index is 1.54. The van der Waals surface area contributed by atoms with E-state index in [-0.39, 0.29) is 0 Å². The third-order valence-corrected chi connectivity index (χ3v) is 5.81. The van der Waals surface area contributed by atoms with E-state index in [0.29, 0.717) is 6.04 Å². The number of fused-ring (bicyclic) bond motifs is 1. The number of ether oxygens (including phenoxy) is 1. The van der Waals surface area contributed by atoms with E-state index in [4.69, 9.17) is 4.74 Å². The Morgan fingerprint density at radius 3 is 2.88 bits per heavy atom. The fourth-order valence-corrected chi connectivity index (χ4v) is 4.29. The van der Waals surface area contributed by atoms with Gasteiger partial charge >= 0.3 is 0 Å². The van der Waals surface area contributed by atoms with Crippen molar-refractivity contribution in [3.8, 4) is 0 Å². The second-order valence-electron chi connectivity index (χ2n) is 7.46. The molecular weight excluding hydrogens is 310 g/mol. The molecular formula is C21H29N3O. The van der Waals surface area contributed by atoms with Gasteiger partial charge in [-0.05, 0) is 49.6 Å². The minimum Gasteiger partial charge on any atom is -0.379 e. The van der Waals surface area contributed by atoms with Crippen molar-refractivity contribution in [3.05, 3.63) is 41.6 Å². The maximum absolute atomic E-state index is 5.51. The maximum Gasteiger partial charge on any atom is 0.0705 e. The van der Waals surface area contributed by atoms with Crippen LogP contribution >= 0.6 is 0 Å². The van der Waals surface area contributed by atoms with Crippen molar-refractivity contribution in [2.24, 2.45) is 0 Å². The van der Waals surface area contributed by atoms with Gasteiger partial charge in [0.15, 0.2) is 0 Å². The Morgan fingerprint density at radius 2 is 2.00 bits per heavy atom. The lowest BCUT2D eigenvalue weighted by molar-refractivity contribution is 0.0153. The monoisotopic (exact) mass is 339 g/mol. The van der Waals surface area contributed by atoms with E-state index in [0.717, 1.165) is 38.4 Å². The molecule has 2 aromatic rings. The fourth-order valence-electron chi connectivity index (χ4n) is 4.29. The molecule has 3 heterocycles. The number of aromatic nitrogens is 1. The summed E-state index contributed by atoms with van der Waals surface area (Å²) in [5, 5.41) is 1.32. The van der Waals surface area contributed by atoms with Crippen LogP contribution in [0.15, 0.2) is 30.5 Å². The molecule has 0 amide bonds. The summed E-state index contributed by atoms with van der Waals surface area (Å²) in [6.45, 7) is 9.63. The molecule has 2 fully saturated rings. The van der Waals surface area contributed by atoms with Crippen molar-refractivity contribution in [2.45, 2.75) is 38.8 Å². The third-order valence-electron chi connectivity index (χ3n) is 5.81. The summed E-state index contributed by atoms with van der Waals surface area (Å²) >= 11 is 0. The maximum atomic E-state index is 5.51. The first-order valence-electron chi connectivity index (χ1n) is 9.68. The van der Waals surface area contributed by atoms with Crippen molar-refractivity contribution >= 4 is 10.9 Å². The van der Waals surface area contributed by atoms with Gasteiger partial charge in [-0.3, -0.25) is 14.8 Å². The number of hydrogen-bond acceptors (Lipinski definition) is 4. The van der Waals surface area contributed by atoms with E-state index >= 15 is 0 Å². The first-order valence-corrected chi connectivity index (χ1v) is 9.68. The highest BCUT2D eigenvalue weighted by Crippen LogP contribution is 2.26. The standard InChI is InChI=1S/C21H29N3O/c1-17-7-8-21-19(6-4-9-22-21)20(17)16-24-10-3-2-5-18(24)15-23-11-13-25-14-12-23/h4,6-9,18H,2-3,5,10-16H2,1H3/t18-/m1/s1. The van der Waals surface area contributed by atoms with Crippen LogP contribution in [-0.4, -0.2) is 60.2 Å². The van der Waals surface area contributed by atoms with Gasteiger partial charge in [-0.25, -0.2) is 0 Å². The van der Waals surface area contributed by atoms with Gasteiger partial charge in [-0.15, -0.1) is 0 Å². The molecule has 2 aliphatic rings. The first-order chi connectivity index (χ1) is 12.3. The summed E-state index contributed by atoms with van der Waals surface area (Å²) in [7, 11) is 0. The molecule has 134 valence electrons. The molecule has 0 N–H and O–H groups in total. The predicted octanol–water partition coefficient (Wildman–Crippen LogP) is 3.23. The molecule has 4 rings (SSSR count). The van der Waals surface area contributed by atoms with Gasteiger partial charge in [0.2, 0.25) is 0 Å². The molecule has 0 spiro atoms. The molecule has 4 nitrogen and oxygen atoms in total. The van der Waals surface area contributed by atoms with Gasteiger partial charge in [0, 0.05) is 43.8 Å². The molecule has 0 saturated carbocycles. The summed E-state index contributed by atoms with van der Waals surface area (Å²) in [6.07, 6.45) is 5.90. The van der Waals surface area contributed by atoms with E-state index in [1.54, 1.807) is 0 Å². The number of aryl methyl sites for hydroxylation is 1. The Bertz CT molecular complexity index is 711. The molecule has 0 radical (unpaired) electrons. The van der Waals surface area contributed by atoms with Crippen LogP contribution in [0.2, 0.25) is 0 Å². The van der Waals surface area contributed by atoms with E-state index < -0.39 is 0 Å². The molecule has 0 unspecified atom stereocenters. The van der Waals surface area contributed by atoms with Crippen molar-refractivity contribution in [1.82, 2.24) is 14.8 Å². The lowest BCUT2D eigenvalue weighted by Gasteiger charge is -2.40. The highest BCUT2D eigenvalue weighted by molar-refractivity contribution is 5.83. The zero-order valence-electron chi connectivity index (χ0n) is 15.3. The van der Waals surface area contributed by atoms with Gasteiger partial charge < -0.3 is 4.74 Å². The first kappa shape index (κ1) is 17.0. The average Bonchev–Trinajstić information content (AvgIpc) is 2.66. The Hall–Kier alpha value is -1.49. The number of pyridine rings is 1. The van der Waals surface area contributed by atoms with E-state index in [1.165, 1.54) is 48.9 Å². The molecule has 0 aliphatic carbocycles. The van der Waals surface area contributed by atoms with Crippen molar-refractivity contribution in [1.29, 1.82) is 0 Å². The highest BCUT2D eigenvalue weighted by Gasteiger charge is 2.26. The average molecular weight is 339 g/mol. The lowest BCUT2D eigenvalue weighted by Crippen LogP contribution is -2.49. The van der Waals surface area contributed by atoms with Crippen LogP contribution in [0.1, 0.15) is 30.4 Å². The highest BCUT2D eigenvalue weighted by atomic mass is 16.5. The van der Waals surface area contributed by atoms with Crippen LogP contribution in [0.5, 0.6) is 0 Å². The summed E-state index contributed by atoms with van der Waals surface area (Å²) in [5.74, 6) is 0. The molecule has 1 aromatic heterocycles. The second-order valence-corrected chi connectivity index (χ2v) is 7.46.